The first-order valence-corrected chi connectivity index (χ1v) is 7.44. The van der Waals surface area contributed by atoms with E-state index in [1.54, 1.807) is 19.1 Å². The lowest BCUT2D eigenvalue weighted by Crippen LogP contribution is -2.38. The molecule has 0 aliphatic heterocycles. The van der Waals surface area contributed by atoms with E-state index in [1.807, 2.05) is 31.2 Å². The standard InChI is InChI=1S/C18H20FNO3/c1-13-4-3-5-17(12-13)23-14(2)18(21)20-10-11-22-16-8-6-15(19)7-9-16/h3-9,12,14H,10-11H2,1-2H3,(H,20,21)/t14-/m1/s1. The predicted octanol–water partition coefficient (Wildman–Crippen LogP) is 3.10. The van der Waals surface area contributed by atoms with Crippen molar-refractivity contribution in [3.63, 3.8) is 0 Å². The highest BCUT2D eigenvalue weighted by Crippen LogP contribution is 2.14. The fourth-order valence-corrected chi connectivity index (χ4v) is 1.96. The molecule has 2 rings (SSSR count). The number of hydrogen-bond donors (Lipinski definition) is 1. The van der Waals surface area contributed by atoms with Crippen LogP contribution in [-0.4, -0.2) is 25.2 Å². The molecule has 0 heterocycles. The summed E-state index contributed by atoms with van der Waals surface area (Å²) in [7, 11) is 0. The summed E-state index contributed by atoms with van der Waals surface area (Å²) in [6, 6.07) is 13.3. The van der Waals surface area contributed by atoms with Crippen LogP contribution >= 0.6 is 0 Å². The van der Waals surface area contributed by atoms with Gasteiger partial charge in [0.05, 0.1) is 6.54 Å². The summed E-state index contributed by atoms with van der Waals surface area (Å²) in [6.45, 7) is 4.30. The molecule has 0 aliphatic carbocycles. The zero-order valence-corrected chi connectivity index (χ0v) is 13.2. The van der Waals surface area contributed by atoms with Crippen molar-refractivity contribution in [1.82, 2.24) is 5.32 Å². The third kappa shape index (κ3) is 5.62. The lowest BCUT2D eigenvalue weighted by molar-refractivity contribution is -0.127. The number of halogens is 1. The van der Waals surface area contributed by atoms with Crippen LogP contribution in [0, 0.1) is 12.7 Å². The van der Waals surface area contributed by atoms with Gasteiger partial charge in [0.2, 0.25) is 0 Å². The van der Waals surface area contributed by atoms with Gasteiger partial charge in [-0.3, -0.25) is 4.79 Å². The predicted molar refractivity (Wildman–Crippen MR) is 86.2 cm³/mol. The highest BCUT2D eigenvalue weighted by atomic mass is 19.1. The van der Waals surface area contributed by atoms with Crippen LogP contribution in [0.2, 0.25) is 0 Å². The highest BCUT2D eigenvalue weighted by molar-refractivity contribution is 5.80. The van der Waals surface area contributed by atoms with Crippen LogP contribution in [0.5, 0.6) is 11.5 Å². The van der Waals surface area contributed by atoms with Crippen LogP contribution in [0.4, 0.5) is 4.39 Å². The smallest absolute Gasteiger partial charge is 0.260 e. The van der Waals surface area contributed by atoms with Crippen molar-refractivity contribution in [1.29, 1.82) is 0 Å². The molecule has 0 spiro atoms. The molecule has 1 amide bonds. The second-order valence-electron chi connectivity index (χ2n) is 5.17. The van der Waals surface area contributed by atoms with Gasteiger partial charge in [-0.1, -0.05) is 12.1 Å². The molecule has 5 heteroatoms. The monoisotopic (exact) mass is 317 g/mol. The fraction of sp³-hybridized carbons (Fsp3) is 0.278. The third-order valence-corrected chi connectivity index (χ3v) is 3.16. The molecule has 0 unspecified atom stereocenters. The van der Waals surface area contributed by atoms with Crippen LogP contribution in [0.15, 0.2) is 48.5 Å². The Morgan fingerprint density at radius 3 is 2.61 bits per heavy atom. The first-order chi connectivity index (χ1) is 11.0. The van der Waals surface area contributed by atoms with Gasteiger partial charge >= 0.3 is 0 Å². The first kappa shape index (κ1) is 16.8. The van der Waals surface area contributed by atoms with E-state index >= 15 is 0 Å². The molecule has 23 heavy (non-hydrogen) atoms. The van der Waals surface area contributed by atoms with Gasteiger partial charge < -0.3 is 14.8 Å². The Morgan fingerprint density at radius 2 is 1.91 bits per heavy atom. The molecule has 0 bridgehead atoms. The minimum Gasteiger partial charge on any atom is -0.492 e. The second-order valence-corrected chi connectivity index (χ2v) is 5.17. The number of aryl methyl sites for hydroxylation is 1. The molecular formula is C18H20FNO3. The zero-order chi connectivity index (χ0) is 16.7. The fourth-order valence-electron chi connectivity index (χ4n) is 1.96. The van der Waals surface area contributed by atoms with Crippen molar-refractivity contribution in [3.05, 3.63) is 59.9 Å². The topological polar surface area (TPSA) is 47.6 Å². The van der Waals surface area contributed by atoms with Gasteiger partial charge in [0.25, 0.3) is 5.91 Å². The highest BCUT2D eigenvalue weighted by Gasteiger charge is 2.14. The van der Waals surface area contributed by atoms with Crippen molar-refractivity contribution in [2.45, 2.75) is 20.0 Å². The average Bonchev–Trinajstić information content (AvgIpc) is 2.53. The van der Waals surface area contributed by atoms with Crippen molar-refractivity contribution in [2.75, 3.05) is 13.2 Å². The molecule has 0 saturated heterocycles. The van der Waals surface area contributed by atoms with Crippen molar-refractivity contribution < 1.29 is 18.7 Å². The molecule has 0 aliphatic rings. The van der Waals surface area contributed by atoms with E-state index in [1.165, 1.54) is 12.1 Å². The normalized spacial score (nSPS) is 11.6. The van der Waals surface area contributed by atoms with Crippen molar-refractivity contribution in [3.8, 4) is 11.5 Å². The molecule has 0 aromatic heterocycles. The maximum Gasteiger partial charge on any atom is 0.260 e. The molecule has 2 aromatic rings. The number of amides is 1. The van der Waals surface area contributed by atoms with E-state index in [-0.39, 0.29) is 11.7 Å². The Morgan fingerprint density at radius 1 is 1.17 bits per heavy atom. The van der Waals surface area contributed by atoms with Gasteiger partial charge in [0, 0.05) is 0 Å². The number of carbonyl (C=O) groups is 1. The van der Waals surface area contributed by atoms with Crippen LogP contribution in [0.3, 0.4) is 0 Å². The molecule has 1 atom stereocenters. The summed E-state index contributed by atoms with van der Waals surface area (Å²) in [5.41, 5.74) is 1.07. The summed E-state index contributed by atoms with van der Waals surface area (Å²) >= 11 is 0. The van der Waals surface area contributed by atoms with Gasteiger partial charge in [-0.15, -0.1) is 0 Å². The first-order valence-electron chi connectivity index (χ1n) is 7.44. The third-order valence-electron chi connectivity index (χ3n) is 3.16. The number of rotatable bonds is 7. The summed E-state index contributed by atoms with van der Waals surface area (Å²) in [5.74, 6) is 0.696. The summed E-state index contributed by atoms with van der Waals surface area (Å²) in [5, 5.41) is 2.74. The Labute approximate surface area is 135 Å². The summed E-state index contributed by atoms with van der Waals surface area (Å²) < 4.78 is 23.7. The van der Waals surface area contributed by atoms with E-state index in [0.717, 1.165) is 5.56 Å². The Kier molecular flexibility index (Phi) is 5.97. The van der Waals surface area contributed by atoms with Crippen LogP contribution < -0.4 is 14.8 Å². The molecule has 0 fully saturated rings. The van der Waals surface area contributed by atoms with Crippen LogP contribution in [-0.2, 0) is 4.79 Å². The van der Waals surface area contributed by atoms with Crippen molar-refractivity contribution >= 4 is 5.91 Å². The summed E-state index contributed by atoms with van der Waals surface area (Å²) in [6.07, 6.45) is -0.595. The van der Waals surface area contributed by atoms with E-state index in [0.29, 0.717) is 24.7 Å². The number of ether oxygens (including phenoxy) is 2. The van der Waals surface area contributed by atoms with Crippen LogP contribution in [0.1, 0.15) is 12.5 Å². The van der Waals surface area contributed by atoms with Gasteiger partial charge in [-0.05, 0) is 55.8 Å². The maximum absolute atomic E-state index is 12.7. The largest absolute Gasteiger partial charge is 0.492 e. The van der Waals surface area contributed by atoms with Gasteiger partial charge in [-0.2, -0.15) is 0 Å². The van der Waals surface area contributed by atoms with E-state index in [4.69, 9.17) is 9.47 Å². The Bertz CT molecular complexity index is 643. The number of benzene rings is 2. The van der Waals surface area contributed by atoms with Gasteiger partial charge in [-0.25, -0.2) is 4.39 Å². The van der Waals surface area contributed by atoms with E-state index in [2.05, 4.69) is 5.32 Å². The molecule has 4 nitrogen and oxygen atoms in total. The number of nitrogens with one attached hydrogen (secondary N) is 1. The average molecular weight is 317 g/mol. The van der Waals surface area contributed by atoms with Crippen LogP contribution in [0.25, 0.3) is 0 Å². The molecule has 2 aromatic carbocycles. The number of carbonyl (C=O) groups excluding carboxylic acids is 1. The molecular weight excluding hydrogens is 297 g/mol. The molecule has 0 radical (unpaired) electrons. The summed E-state index contributed by atoms with van der Waals surface area (Å²) in [4.78, 5) is 11.9. The SMILES string of the molecule is Cc1cccc(O[C@H](C)C(=O)NCCOc2ccc(F)cc2)c1. The zero-order valence-electron chi connectivity index (χ0n) is 13.2. The molecule has 122 valence electrons. The molecule has 1 N–H and O–H groups in total. The quantitative estimate of drug-likeness (QED) is 0.798. The Balaban J connectivity index is 1.70. The lowest BCUT2D eigenvalue weighted by Gasteiger charge is -2.15. The minimum absolute atomic E-state index is 0.214. The maximum atomic E-state index is 12.7. The van der Waals surface area contributed by atoms with E-state index < -0.39 is 6.10 Å². The van der Waals surface area contributed by atoms with E-state index in [9.17, 15) is 9.18 Å². The second kappa shape index (κ2) is 8.17. The minimum atomic E-state index is -0.595. The van der Waals surface area contributed by atoms with Gasteiger partial charge in [0.15, 0.2) is 6.10 Å². The number of hydrogen-bond acceptors (Lipinski definition) is 3. The molecule has 0 saturated carbocycles. The Hall–Kier alpha value is -2.56. The van der Waals surface area contributed by atoms with Crippen molar-refractivity contribution in [2.24, 2.45) is 0 Å². The lowest BCUT2D eigenvalue weighted by atomic mass is 10.2. The van der Waals surface area contributed by atoms with Gasteiger partial charge in [0.1, 0.15) is 23.9 Å².